The number of H-pyrrole nitrogens is 1. The summed E-state index contributed by atoms with van der Waals surface area (Å²) in [5, 5.41) is 3.65. The van der Waals surface area contributed by atoms with E-state index in [0.717, 1.165) is 28.4 Å². The summed E-state index contributed by atoms with van der Waals surface area (Å²) in [7, 11) is 3.28. The molecule has 2 aliphatic rings. The molecule has 1 fully saturated rings. The highest BCUT2D eigenvalue weighted by atomic mass is 16.5. The van der Waals surface area contributed by atoms with Crippen LogP contribution in [0.2, 0.25) is 0 Å². The van der Waals surface area contributed by atoms with Crippen molar-refractivity contribution in [2.24, 2.45) is 5.92 Å². The van der Waals surface area contributed by atoms with Crippen LogP contribution in [0.1, 0.15) is 42.7 Å². The molecule has 2 N–H and O–H groups in total. The first kappa shape index (κ1) is 25.5. The Balaban J connectivity index is 1.43. The number of anilines is 1. The predicted octanol–water partition coefficient (Wildman–Crippen LogP) is 3.04. The van der Waals surface area contributed by atoms with Gasteiger partial charge in [0.1, 0.15) is 23.8 Å². The number of hydrogen-bond donors (Lipinski definition) is 2. The van der Waals surface area contributed by atoms with Gasteiger partial charge in [0.25, 0.3) is 5.91 Å². The number of aldehydes is 1. The van der Waals surface area contributed by atoms with Crippen molar-refractivity contribution in [3.8, 4) is 5.75 Å². The van der Waals surface area contributed by atoms with Crippen molar-refractivity contribution in [1.82, 2.24) is 15.2 Å². The van der Waals surface area contributed by atoms with Crippen molar-refractivity contribution in [1.29, 1.82) is 0 Å². The fourth-order valence-electron chi connectivity index (χ4n) is 5.93. The molecule has 9 nitrogen and oxygen atoms in total. The second-order valence-electron chi connectivity index (χ2n) is 10.6. The smallest absolute Gasteiger partial charge is 0.268 e. The molecule has 1 aromatic heterocycles. The lowest BCUT2D eigenvalue weighted by molar-refractivity contribution is -0.137. The number of ether oxygens (including phenoxy) is 1. The average molecular weight is 517 g/mol. The number of hydrogen-bond acceptors (Lipinski definition) is 5. The summed E-state index contributed by atoms with van der Waals surface area (Å²) in [5.74, 6) is -0.193. The molecule has 3 atom stereocenters. The Morgan fingerprint density at radius 2 is 1.97 bits per heavy atom. The third-order valence-corrected chi connectivity index (χ3v) is 7.73. The minimum Gasteiger partial charge on any atom is -0.496 e. The van der Waals surface area contributed by atoms with Crippen LogP contribution in [0.3, 0.4) is 0 Å². The Kier molecular flexibility index (Phi) is 6.46. The van der Waals surface area contributed by atoms with Crippen LogP contribution in [-0.4, -0.2) is 66.7 Å². The molecule has 0 saturated carbocycles. The van der Waals surface area contributed by atoms with Crippen LogP contribution in [0.5, 0.6) is 5.75 Å². The van der Waals surface area contributed by atoms with E-state index in [1.54, 1.807) is 25.1 Å². The van der Waals surface area contributed by atoms with Crippen LogP contribution in [-0.2, 0) is 19.8 Å². The van der Waals surface area contributed by atoms with Crippen LogP contribution in [0, 0.1) is 5.92 Å². The Morgan fingerprint density at radius 3 is 2.68 bits per heavy atom. The second-order valence-corrected chi connectivity index (χ2v) is 10.6. The van der Waals surface area contributed by atoms with Crippen molar-refractivity contribution in [2.75, 3.05) is 25.6 Å². The van der Waals surface area contributed by atoms with Gasteiger partial charge in [-0.3, -0.25) is 14.4 Å². The summed E-state index contributed by atoms with van der Waals surface area (Å²) >= 11 is 0. The van der Waals surface area contributed by atoms with E-state index in [2.05, 4.69) is 10.3 Å². The average Bonchev–Trinajstić information content (AvgIpc) is 3.58. The number of nitrogens with one attached hydrogen (secondary N) is 2. The number of carbonyl (C=O) groups excluding carboxylic acids is 4. The number of nitrogens with zero attached hydrogens (tertiary/aromatic N) is 2. The van der Waals surface area contributed by atoms with Gasteiger partial charge in [0.05, 0.1) is 18.6 Å². The first-order chi connectivity index (χ1) is 18.2. The van der Waals surface area contributed by atoms with Gasteiger partial charge in [-0.2, -0.15) is 0 Å². The van der Waals surface area contributed by atoms with E-state index in [9.17, 15) is 19.2 Å². The lowest BCUT2D eigenvalue weighted by Gasteiger charge is -2.28. The normalized spacial score (nSPS) is 21.3. The number of rotatable bonds is 7. The summed E-state index contributed by atoms with van der Waals surface area (Å²) in [5.41, 5.74) is 1.68. The molecule has 5 rings (SSSR count). The first-order valence-corrected chi connectivity index (χ1v) is 12.8. The van der Waals surface area contributed by atoms with Gasteiger partial charge in [0.15, 0.2) is 0 Å². The Labute approximate surface area is 221 Å². The molecule has 198 valence electrons. The van der Waals surface area contributed by atoms with E-state index in [1.165, 1.54) is 4.90 Å². The van der Waals surface area contributed by atoms with Gasteiger partial charge in [-0.25, -0.2) is 0 Å². The number of likely N-dealkylation sites (N-methyl/N-ethyl adjacent to an activating group) is 1. The van der Waals surface area contributed by atoms with Crippen molar-refractivity contribution >= 4 is 40.6 Å². The largest absolute Gasteiger partial charge is 0.496 e. The molecular weight excluding hydrogens is 484 g/mol. The fourth-order valence-corrected chi connectivity index (χ4v) is 5.93. The highest BCUT2D eigenvalue weighted by Gasteiger charge is 2.58. The molecule has 0 bridgehead atoms. The van der Waals surface area contributed by atoms with Gasteiger partial charge in [-0.1, -0.05) is 38.1 Å². The molecule has 38 heavy (non-hydrogen) atoms. The number of benzene rings is 2. The van der Waals surface area contributed by atoms with Gasteiger partial charge < -0.3 is 29.6 Å². The SMILES string of the molecule is COc1cccc2[nH]c(C(=O)N[C@@H](CC(C)C)C(=O)N3C[C@]4(C[C@H]3C=O)C(=O)N(C)c3ccccc34)cc12. The standard InChI is InChI=1S/C29H32N4O5/c1-17(2)12-23(31-26(35)22-13-19-21(30-22)9-7-11-25(19)38-4)27(36)33-16-29(14-18(33)15-34)20-8-5-6-10-24(20)32(3)28(29)37/h5-11,13,15,17-18,23,30H,12,14,16H2,1-4H3,(H,31,35)/t18-,23-,29-/m0/s1. The molecule has 3 aromatic rings. The van der Waals surface area contributed by atoms with E-state index in [-0.39, 0.29) is 30.7 Å². The Hall–Kier alpha value is -4.14. The van der Waals surface area contributed by atoms with Gasteiger partial charge in [0.2, 0.25) is 11.8 Å². The lowest BCUT2D eigenvalue weighted by Crippen LogP contribution is -2.52. The third kappa shape index (κ3) is 4.02. The highest BCUT2D eigenvalue weighted by molar-refractivity contribution is 6.09. The molecule has 1 spiro atoms. The summed E-state index contributed by atoms with van der Waals surface area (Å²) < 4.78 is 5.39. The summed E-state index contributed by atoms with van der Waals surface area (Å²) in [6.45, 7) is 4.02. The van der Waals surface area contributed by atoms with E-state index in [1.807, 2.05) is 56.3 Å². The van der Waals surface area contributed by atoms with Gasteiger partial charge in [0, 0.05) is 30.2 Å². The minimum atomic E-state index is -0.979. The van der Waals surface area contributed by atoms with Crippen LogP contribution in [0.25, 0.3) is 10.9 Å². The van der Waals surface area contributed by atoms with Gasteiger partial charge in [-0.15, -0.1) is 0 Å². The molecular formula is C29H32N4O5. The molecule has 0 radical (unpaired) electrons. The number of aromatic nitrogens is 1. The molecule has 1 saturated heterocycles. The van der Waals surface area contributed by atoms with Crippen LogP contribution in [0.4, 0.5) is 5.69 Å². The molecule has 3 heterocycles. The van der Waals surface area contributed by atoms with Crippen LogP contribution >= 0.6 is 0 Å². The van der Waals surface area contributed by atoms with Crippen LogP contribution in [0.15, 0.2) is 48.5 Å². The predicted molar refractivity (Wildman–Crippen MR) is 143 cm³/mol. The van der Waals surface area contributed by atoms with Gasteiger partial charge in [-0.05, 0) is 48.6 Å². The first-order valence-electron chi connectivity index (χ1n) is 12.8. The zero-order chi connectivity index (χ0) is 27.2. The number of methoxy groups -OCH3 is 1. The summed E-state index contributed by atoms with van der Waals surface area (Å²) in [4.78, 5) is 59.0. The second kappa shape index (κ2) is 9.63. The maximum Gasteiger partial charge on any atom is 0.268 e. The zero-order valence-electron chi connectivity index (χ0n) is 22.0. The van der Waals surface area contributed by atoms with Crippen molar-refractivity contribution in [2.45, 2.75) is 44.2 Å². The van der Waals surface area contributed by atoms with Gasteiger partial charge >= 0.3 is 0 Å². The molecule has 0 unspecified atom stereocenters. The number of fused-ring (bicyclic) bond motifs is 3. The maximum atomic E-state index is 13.9. The number of aromatic amines is 1. The zero-order valence-corrected chi connectivity index (χ0v) is 22.0. The maximum absolute atomic E-state index is 13.9. The summed E-state index contributed by atoms with van der Waals surface area (Å²) in [6.07, 6.45) is 1.33. The van der Waals surface area contributed by atoms with Crippen molar-refractivity contribution in [3.05, 3.63) is 59.8 Å². The van der Waals surface area contributed by atoms with Crippen LogP contribution < -0.4 is 15.0 Å². The minimum absolute atomic E-state index is 0.0868. The van der Waals surface area contributed by atoms with Crippen molar-refractivity contribution < 1.29 is 23.9 Å². The third-order valence-electron chi connectivity index (χ3n) is 7.73. The lowest BCUT2D eigenvalue weighted by atomic mass is 9.79. The van der Waals surface area contributed by atoms with Crippen molar-refractivity contribution in [3.63, 3.8) is 0 Å². The molecule has 0 aliphatic carbocycles. The van der Waals surface area contributed by atoms with E-state index in [4.69, 9.17) is 4.74 Å². The number of likely N-dealkylation sites (tertiary alicyclic amines) is 1. The molecule has 3 amide bonds. The monoisotopic (exact) mass is 516 g/mol. The van der Waals surface area contributed by atoms with E-state index in [0.29, 0.717) is 17.9 Å². The summed E-state index contributed by atoms with van der Waals surface area (Å²) in [6, 6.07) is 13.0. The number of carbonyl (C=O) groups is 4. The number of amides is 3. The topological polar surface area (TPSA) is 112 Å². The number of para-hydroxylation sites is 1. The van der Waals surface area contributed by atoms with E-state index < -0.39 is 23.4 Å². The molecule has 2 aliphatic heterocycles. The highest BCUT2D eigenvalue weighted by Crippen LogP contribution is 2.48. The quantitative estimate of drug-likeness (QED) is 0.469. The van der Waals surface area contributed by atoms with E-state index >= 15 is 0 Å². The Morgan fingerprint density at radius 1 is 1.21 bits per heavy atom. The molecule has 9 heteroatoms. The molecule has 2 aromatic carbocycles. The fraction of sp³-hybridized carbons (Fsp3) is 0.379. The Bertz CT molecular complexity index is 1430.